The van der Waals surface area contributed by atoms with Gasteiger partial charge >= 0.3 is 0 Å². The van der Waals surface area contributed by atoms with Crippen molar-refractivity contribution in [1.29, 1.82) is 0 Å². The van der Waals surface area contributed by atoms with E-state index in [-0.39, 0.29) is 11.5 Å². The molecule has 0 N–H and O–H groups in total. The Kier molecular flexibility index (Phi) is 4.10. The molecule has 0 bridgehead atoms. The highest BCUT2D eigenvalue weighted by atomic mass is 32.1. The minimum atomic E-state index is -0.409. The molecule has 1 saturated heterocycles. The Labute approximate surface area is 128 Å². The summed E-state index contributed by atoms with van der Waals surface area (Å²) in [6.07, 6.45) is 4.53. The van der Waals surface area contributed by atoms with Gasteiger partial charge in [0, 0.05) is 13.1 Å². The number of likely N-dealkylation sites (tertiary alicyclic amines) is 1. The number of carbonyl (C=O) groups is 1. The van der Waals surface area contributed by atoms with E-state index in [1.54, 1.807) is 3.96 Å². The van der Waals surface area contributed by atoms with Crippen LogP contribution in [0.4, 0.5) is 0 Å². The molecule has 1 aliphatic heterocycles. The maximum atomic E-state index is 12.7. The van der Waals surface area contributed by atoms with Crippen LogP contribution < -0.4 is 5.56 Å². The Bertz CT molecular complexity index is 696. The average molecular weight is 304 g/mol. The van der Waals surface area contributed by atoms with Crippen LogP contribution in [0.2, 0.25) is 0 Å². The van der Waals surface area contributed by atoms with Crippen LogP contribution in [0.25, 0.3) is 10.1 Å². The second-order valence-electron chi connectivity index (χ2n) is 5.63. The minimum Gasteiger partial charge on any atom is -0.341 e. The third kappa shape index (κ3) is 2.75. The van der Waals surface area contributed by atoms with Crippen LogP contribution in [0.3, 0.4) is 0 Å². The summed E-state index contributed by atoms with van der Waals surface area (Å²) in [6, 6.07) is 7.13. The predicted octanol–water partition coefficient (Wildman–Crippen LogP) is 3.03. The van der Waals surface area contributed by atoms with Crippen LogP contribution in [0.5, 0.6) is 0 Å². The molecular formula is C16H20N2O2S. The Morgan fingerprint density at radius 2 is 1.81 bits per heavy atom. The molecule has 0 radical (unpaired) electrons. The Balaban J connectivity index is 1.89. The Hall–Kier alpha value is -1.62. The normalized spacial score (nSPS) is 17.7. The summed E-state index contributed by atoms with van der Waals surface area (Å²) in [5.74, 6) is 0.0746. The number of rotatable bonds is 2. The smallest absolute Gasteiger partial charge is 0.269 e. The van der Waals surface area contributed by atoms with Crippen LogP contribution in [0.1, 0.15) is 38.6 Å². The van der Waals surface area contributed by atoms with Gasteiger partial charge in [0.25, 0.3) is 5.56 Å². The lowest BCUT2D eigenvalue weighted by atomic mass is 10.2. The van der Waals surface area contributed by atoms with E-state index in [2.05, 4.69) is 0 Å². The predicted molar refractivity (Wildman–Crippen MR) is 85.8 cm³/mol. The summed E-state index contributed by atoms with van der Waals surface area (Å²) in [7, 11) is 0. The van der Waals surface area contributed by atoms with Gasteiger partial charge in [0.05, 0.1) is 10.1 Å². The third-order valence-corrected chi connectivity index (χ3v) is 5.37. The molecule has 2 aromatic rings. The maximum Gasteiger partial charge on any atom is 0.269 e. The van der Waals surface area contributed by atoms with Crippen molar-refractivity contribution in [2.24, 2.45) is 0 Å². The zero-order valence-electron chi connectivity index (χ0n) is 12.2. The van der Waals surface area contributed by atoms with E-state index in [1.165, 1.54) is 24.4 Å². The van der Waals surface area contributed by atoms with Gasteiger partial charge in [-0.15, -0.1) is 0 Å². The van der Waals surface area contributed by atoms with Gasteiger partial charge in [-0.2, -0.15) is 0 Å². The second-order valence-corrected chi connectivity index (χ2v) is 6.65. The van der Waals surface area contributed by atoms with Crippen molar-refractivity contribution in [3.63, 3.8) is 0 Å². The number of fused-ring (bicyclic) bond motifs is 1. The van der Waals surface area contributed by atoms with Gasteiger partial charge in [-0.1, -0.05) is 36.5 Å². The molecule has 5 heteroatoms. The summed E-state index contributed by atoms with van der Waals surface area (Å²) in [5.41, 5.74) is -0.0497. The van der Waals surface area contributed by atoms with E-state index in [0.717, 1.165) is 30.6 Å². The second kappa shape index (κ2) is 6.02. The summed E-state index contributed by atoms with van der Waals surface area (Å²) in [5, 5.41) is 0.706. The number of carbonyl (C=O) groups excluding carboxylic acids is 1. The molecule has 1 aliphatic rings. The fourth-order valence-corrected chi connectivity index (χ4v) is 3.93. The van der Waals surface area contributed by atoms with Crippen LogP contribution in [0.15, 0.2) is 29.1 Å². The van der Waals surface area contributed by atoms with E-state index >= 15 is 0 Å². The summed E-state index contributed by atoms with van der Waals surface area (Å²) < 4.78 is 2.57. The molecule has 3 rings (SSSR count). The summed E-state index contributed by atoms with van der Waals surface area (Å²) in [6.45, 7) is 3.48. The fraction of sp³-hybridized carbons (Fsp3) is 0.500. The number of hydrogen-bond acceptors (Lipinski definition) is 3. The standard InChI is InChI=1S/C16H20N2O2S/c1-12(15(19)17-10-6-2-3-7-11-17)18-16(20)13-8-4-5-9-14(13)21-18/h4-5,8-9,12H,2-3,6-7,10-11H2,1H3. The monoisotopic (exact) mass is 304 g/mol. The first-order chi connectivity index (χ1) is 10.2. The zero-order valence-corrected chi connectivity index (χ0v) is 13.1. The molecule has 1 atom stereocenters. The number of amides is 1. The molecule has 0 saturated carbocycles. The van der Waals surface area contributed by atoms with E-state index in [4.69, 9.17) is 0 Å². The molecule has 4 nitrogen and oxygen atoms in total. The molecule has 1 amide bonds. The van der Waals surface area contributed by atoms with Crippen molar-refractivity contribution in [2.75, 3.05) is 13.1 Å². The highest BCUT2D eigenvalue weighted by Crippen LogP contribution is 2.21. The first-order valence-corrected chi connectivity index (χ1v) is 8.35. The molecule has 1 aromatic carbocycles. The van der Waals surface area contributed by atoms with Gasteiger partial charge in [-0.25, -0.2) is 0 Å². The molecule has 2 heterocycles. The number of aromatic nitrogens is 1. The van der Waals surface area contributed by atoms with Crippen LogP contribution in [0, 0.1) is 0 Å². The summed E-state index contributed by atoms with van der Waals surface area (Å²) >= 11 is 1.39. The van der Waals surface area contributed by atoms with Crippen molar-refractivity contribution in [2.45, 2.75) is 38.6 Å². The van der Waals surface area contributed by atoms with Crippen molar-refractivity contribution in [3.8, 4) is 0 Å². The third-order valence-electron chi connectivity index (χ3n) is 4.14. The highest BCUT2D eigenvalue weighted by molar-refractivity contribution is 7.14. The van der Waals surface area contributed by atoms with E-state index in [0.29, 0.717) is 5.39 Å². The van der Waals surface area contributed by atoms with Crippen molar-refractivity contribution < 1.29 is 4.79 Å². The van der Waals surface area contributed by atoms with Crippen LogP contribution in [-0.4, -0.2) is 27.9 Å². The molecule has 21 heavy (non-hydrogen) atoms. The van der Waals surface area contributed by atoms with Gasteiger partial charge < -0.3 is 4.90 Å². The van der Waals surface area contributed by atoms with E-state index < -0.39 is 6.04 Å². The molecule has 112 valence electrons. The van der Waals surface area contributed by atoms with Crippen molar-refractivity contribution >= 4 is 27.5 Å². The largest absolute Gasteiger partial charge is 0.341 e. The molecule has 1 fully saturated rings. The number of benzene rings is 1. The number of nitrogens with zero attached hydrogens (tertiary/aromatic N) is 2. The van der Waals surface area contributed by atoms with E-state index in [1.807, 2.05) is 36.1 Å². The van der Waals surface area contributed by atoms with Gasteiger partial charge in [0.15, 0.2) is 0 Å². The maximum absolute atomic E-state index is 12.7. The van der Waals surface area contributed by atoms with Gasteiger partial charge in [0.2, 0.25) is 5.91 Å². The van der Waals surface area contributed by atoms with Crippen LogP contribution >= 0.6 is 11.5 Å². The van der Waals surface area contributed by atoms with E-state index in [9.17, 15) is 9.59 Å². The van der Waals surface area contributed by atoms with Gasteiger partial charge in [0.1, 0.15) is 6.04 Å². The lowest BCUT2D eigenvalue weighted by Gasteiger charge is -2.24. The van der Waals surface area contributed by atoms with Gasteiger partial charge in [-0.05, 0) is 31.9 Å². The van der Waals surface area contributed by atoms with Gasteiger partial charge in [-0.3, -0.25) is 13.5 Å². The SMILES string of the molecule is CC(C(=O)N1CCCCCC1)n1sc2ccccc2c1=O. The van der Waals surface area contributed by atoms with Crippen LogP contribution in [-0.2, 0) is 4.79 Å². The average Bonchev–Trinajstić information content (AvgIpc) is 2.70. The first kappa shape index (κ1) is 14.3. The zero-order chi connectivity index (χ0) is 14.8. The topological polar surface area (TPSA) is 42.3 Å². The Morgan fingerprint density at radius 3 is 2.48 bits per heavy atom. The molecule has 1 aromatic heterocycles. The lowest BCUT2D eigenvalue weighted by Crippen LogP contribution is -2.38. The highest BCUT2D eigenvalue weighted by Gasteiger charge is 2.25. The molecular weight excluding hydrogens is 284 g/mol. The summed E-state index contributed by atoms with van der Waals surface area (Å²) in [4.78, 5) is 27.0. The first-order valence-electron chi connectivity index (χ1n) is 7.58. The molecule has 0 aliphatic carbocycles. The number of hydrogen-bond donors (Lipinski definition) is 0. The quantitative estimate of drug-likeness (QED) is 0.856. The fourth-order valence-electron chi connectivity index (χ4n) is 2.90. The van der Waals surface area contributed by atoms with Crippen molar-refractivity contribution in [1.82, 2.24) is 8.86 Å². The molecule has 0 spiro atoms. The van der Waals surface area contributed by atoms with Crippen molar-refractivity contribution in [3.05, 3.63) is 34.6 Å². The minimum absolute atomic E-state index is 0.0497. The lowest BCUT2D eigenvalue weighted by molar-refractivity contribution is -0.134. The Morgan fingerprint density at radius 1 is 1.14 bits per heavy atom. The molecule has 1 unspecified atom stereocenters.